The summed E-state index contributed by atoms with van der Waals surface area (Å²) in [7, 11) is 0. The molecule has 0 fully saturated rings. The van der Waals surface area contributed by atoms with Crippen LogP contribution in [0.2, 0.25) is 0 Å². The second-order valence-electron chi connectivity index (χ2n) is 4.46. The standard InChI is InChI=1S/C14H20N2OS/c1-2-3-8-15-14(18)16-9-10-17-13-7-5-4-6-12(13)11-16/h4-7H,2-3,8-11H2,1H3,(H,15,18). The summed E-state index contributed by atoms with van der Waals surface area (Å²) in [6.07, 6.45) is 2.34. The normalized spacial score (nSPS) is 14.4. The number of rotatable bonds is 3. The molecule has 0 saturated heterocycles. The van der Waals surface area contributed by atoms with Crippen LogP contribution in [0.25, 0.3) is 0 Å². The summed E-state index contributed by atoms with van der Waals surface area (Å²) in [5.41, 5.74) is 1.20. The van der Waals surface area contributed by atoms with Crippen molar-refractivity contribution in [1.29, 1.82) is 0 Å². The quantitative estimate of drug-likeness (QED) is 0.670. The summed E-state index contributed by atoms with van der Waals surface area (Å²) >= 11 is 5.44. The van der Waals surface area contributed by atoms with Crippen molar-refractivity contribution in [3.8, 4) is 5.75 Å². The van der Waals surface area contributed by atoms with Crippen LogP contribution >= 0.6 is 12.2 Å². The smallest absolute Gasteiger partial charge is 0.169 e. The van der Waals surface area contributed by atoms with Gasteiger partial charge in [-0.1, -0.05) is 31.5 Å². The van der Waals surface area contributed by atoms with Crippen molar-refractivity contribution >= 4 is 17.3 Å². The number of nitrogens with zero attached hydrogens (tertiary/aromatic N) is 1. The van der Waals surface area contributed by atoms with Gasteiger partial charge in [0.2, 0.25) is 0 Å². The molecule has 0 saturated carbocycles. The van der Waals surface area contributed by atoms with E-state index in [4.69, 9.17) is 17.0 Å². The Hall–Kier alpha value is -1.29. The molecule has 1 heterocycles. The lowest BCUT2D eigenvalue weighted by Crippen LogP contribution is -2.40. The Morgan fingerprint density at radius 1 is 1.44 bits per heavy atom. The van der Waals surface area contributed by atoms with Crippen LogP contribution in [-0.2, 0) is 6.54 Å². The molecule has 1 aliphatic heterocycles. The molecule has 1 aliphatic rings. The number of benzene rings is 1. The number of hydrogen-bond donors (Lipinski definition) is 1. The average molecular weight is 264 g/mol. The van der Waals surface area contributed by atoms with E-state index in [9.17, 15) is 0 Å². The molecule has 1 aromatic rings. The molecule has 0 unspecified atom stereocenters. The molecule has 98 valence electrons. The van der Waals surface area contributed by atoms with E-state index in [1.54, 1.807) is 0 Å². The highest BCUT2D eigenvalue weighted by Crippen LogP contribution is 2.22. The highest BCUT2D eigenvalue weighted by Gasteiger charge is 2.16. The zero-order valence-electron chi connectivity index (χ0n) is 10.8. The van der Waals surface area contributed by atoms with E-state index < -0.39 is 0 Å². The van der Waals surface area contributed by atoms with Crippen LogP contribution in [-0.4, -0.2) is 29.7 Å². The van der Waals surface area contributed by atoms with Gasteiger partial charge in [-0.05, 0) is 24.7 Å². The molecule has 0 bridgehead atoms. The third kappa shape index (κ3) is 3.35. The zero-order chi connectivity index (χ0) is 12.8. The topological polar surface area (TPSA) is 24.5 Å². The molecule has 0 atom stereocenters. The van der Waals surface area contributed by atoms with Crippen LogP contribution in [0.5, 0.6) is 5.75 Å². The van der Waals surface area contributed by atoms with Crippen molar-refractivity contribution in [2.24, 2.45) is 0 Å². The largest absolute Gasteiger partial charge is 0.491 e. The van der Waals surface area contributed by atoms with E-state index >= 15 is 0 Å². The first-order chi connectivity index (χ1) is 8.81. The molecule has 1 aromatic carbocycles. The number of fused-ring (bicyclic) bond motifs is 1. The van der Waals surface area contributed by atoms with Crippen molar-refractivity contribution < 1.29 is 4.74 Å². The molecule has 0 aromatic heterocycles. The second-order valence-corrected chi connectivity index (χ2v) is 4.85. The summed E-state index contributed by atoms with van der Waals surface area (Å²) < 4.78 is 5.73. The lowest BCUT2D eigenvalue weighted by atomic mass is 10.2. The zero-order valence-corrected chi connectivity index (χ0v) is 11.6. The Balaban J connectivity index is 1.97. The predicted octanol–water partition coefficient (Wildman–Crippen LogP) is 2.56. The predicted molar refractivity (Wildman–Crippen MR) is 77.9 cm³/mol. The molecule has 0 spiro atoms. The molecule has 2 rings (SSSR count). The highest BCUT2D eigenvalue weighted by molar-refractivity contribution is 7.80. The van der Waals surface area contributed by atoms with Crippen LogP contribution in [0.1, 0.15) is 25.3 Å². The van der Waals surface area contributed by atoms with Crippen LogP contribution in [0.3, 0.4) is 0 Å². The Kier molecular flexibility index (Phi) is 4.81. The lowest BCUT2D eigenvalue weighted by molar-refractivity contribution is 0.288. The van der Waals surface area contributed by atoms with Gasteiger partial charge in [0.25, 0.3) is 0 Å². The highest BCUT2D eigenvalue weighted by atomic mass is 32.1. The van der Waals surface area contributed by atoms with Gasteiger partial charge in [0, 0.05) is 18.7 Å². The minimum atomic E-state index is 0.687. The summed E-state index contributed by atoms with van der Waals surface area (Å²) in [6, 6.07) is 8.17. The molecule has 3 nitrogen and oxygen atoms in total. The molecule has 18 heavy (non-hydrogen) atoms. The van der Waals surface area contributed by atoms with Gasteiger partial charge in [-0.15, -0.1) is 0 Å². The van der Waals surface area contributed by atoms with Gasteiger partial charge in [-0.2, -0.15) is 0 Å². The lowest BCUT2D eigenvalue weighted by Gasteiger charge is -2.23. The first kappa shape index (κ1) is 13.1. The molecular formula is C14H20N2OS. The van der Waals surface area contributed by atoms with Gasteiger partial charge in [-0.25, -0.2) is 0 Å². The minimum Gasteiger partial charge on any atom is -0.491 e. The Morgan fingerprint density at radius 3 is 3.11 bits per heavy atom. The fourth-order valence-electron chi connectivity index (χ4n) is 1.98. The van der Waals surface area contributed by atoms with Crippen LogP contribution in [0.15, 0.2) is 24.3 Å². The molecule has 1 N–H and O–H groups in total. The minimum absolute atomic E-state index is 0.687. The molecule has 0 aliphatic carbocycles. The van der Waals surface area contributed by atoms with E-state index in [2.05, 4.69) is 23.2 Å². The molecular weight excluding hydrogens is 244 g/mol. The summed E-state index contributed by atoms with van der Waals surface area (Å²) in [5, 5.41) is 4.15. The maximum atomic E-state index is 5.73. The monoisotopic (exact) mass is 264 g/mol. The van der Waals surface area contributed by atoms with Gasteiger partial charge in [-0.3, -0.25) is 0 Å². The van der Waals surface area contributed by atoms with Crippen LogP contribution in [0, 0.1) is 0 Å². The molecule has 0 amide bonds. The van der Waals surface area contributed by atoms with Crippen molar-refractivity contribution in [1.82, 2.24) is 10.2 Å². The first-order valence-electron chi connectivity index (χ1n) is 6.54. The average Bonchev–Trinajstić information content (AvgIpc) is 2.61. The van der Waals surface area contributed by atoms with E-state index in [0.717, 1.165) is 36.9 Å². The molecule has 4 heteroatoms. The van der Waals surface area contributed by atoms with E-state index in [-0.39, 0.29) is 0 Å². The number of hydrogen-bond acceptors (Lipinski definition) is 2. The van der Waals surface area contributed by atoms with Gasteiger partial charge in [0.15, 0.2) is 5.11 Å². The number of ether oxygens (including phenoxy) is 1. The molecule has 0 radical (unpaired) electrons. The fourth-order valence-corrected chi connectivity index (χ4v) is 2.24. The summed E-state index contributed by atoms with van der Waals surface area (Å²) in [4.78, 5) is 2.18. The van der Waals surface area contributed by atoms with Crippen molar-refractivity contribution in [3.63, 3.8) is 0 Å². The van der Waals surface area contributed by atoms with Gasteiger partial charge in [0.05, 0.1) is 6.54 Å². The SMILES string of the molecule is CCCCNC(=S)N1CCOc2ccccc2C1. The number of thiocarbonyl (C=S) groups is 1. The van der Waals surface area contributed by atoms with Gasteiger partial charge >= 0.3 is 0 Å². The summed E-state index contributed by atoms with van der Waals surface area (Å²) in [5.74, 6) is 0.983. The second kappa shape index (κ2) is 6.59. The number of unbranched alkanes of at least 4 members (excludes halogenated alkanes) is 1. The third-order valence-electron chi connectivity index (χ3n) is 3.05. The first-order valence-corrected chi connectivity index (χ1v) is 6.95. The Morgan fingerprint density at radius 2 is 2.28 bits per heavy atom. The fraction of sp³-hybridized carbons (Fsp3) is 0.500. The van der Waals surface area contributed by atoms with Crippen LogP contribution < -0.4 is 10.1 Å². The van der Waals surface area contributed by atoms with Gasteiger partial charge in [0.1, 0.15) is 12.4 Å². The number of nitrogens with one attached hydrogen (secondary N) is 1. The third-order valence-corrected chi connectivity index (χ3v) is 3.45. The van der Waals surface area contributed by atoms with E-state index in [1.807, 2.05) is 18.2 Å². The van der Waals surface area contributed by atoms with Gasteiger partial charge < -0.3 is 15.0 Å². The van der Waals surface area contributed by atoms with Crippen LogP contribution in [0.4, 0.5) is 0 Å². The van der Waals surface area contributed by atoms with E-state index in [1.165, 1.54) is 12.0 Å². The Bertz CT molecular complexity index is 409. The summed E-state index contributed by atoms with van der Waals surface area (Å²) in [6.45, 7) is 5.49. The van der Waals surface area contributed by atoms with E-state index in [0.29, 0.717) is 6.61 Å². The van der Waals surface area contributed by atoms with Crippen molar-refractivity contribution in [2.75, 3.05) is 19.7 Å². The maximum absolute atomic E-state index is 5.73. The number of para-hydroxylation sites is 1. The maximum Gasteiger partial charge on any atom is 0.169 e. The van der Waals surface area contributed by atoms with Crippen molar-refractivity contribution in [3.05, 3.63) is 29.8 Å². The Labute approximate surface area is 114 Å². The van der Waals surface area contributed by atoms with Crippen molar-refractivity contribution in [2.45, 2.75) is 26.3 Å².